The lowest BCUT2D eigenvalue weighted by Crippen LogP contribution is -2.32. The highest BCUT2D eigenvalue weighted by Crippen LogP contribution is 2.24. The molecule has 0 atom stereocenters. The van der Waals surface area contributed by atoms with Crippen LogP contribution in [0.2, 0.25) is 0 Å². The number of aryl methyl sites for hydroxylation is 3. The van der Waals surface area contributed by atoms with Crippen LogP contribution in [-0.4, -0.2) is 31.1 Å². The van der Waals surface area contributed by atoms with Crippen molar-refractivity contribution in [1.29, 1.82) is 0 Å². The van der Waals surface area contributed by atoms with Crippen LogP contribution in [0.1, 0.15) is 43.4 Å². The summed E-state index contributed by atoms with van der Waals surface area (Å²) >= 11 is 1.36. The summed E-state index contributed by atoms with van der Waals surface area (Å²) in [7, 11) is 0. The first-order valence-electron chi connectivity index (χ1n) is 10.7. The van der Waals surface area contributed by atoms with Crippen LogP contribution in [0.15, 0.2) is 40.5 Å². The second-order valence-corrected chi connectivity index (χ2v) is 9.02. The van der Waals surface area contributed by atoms with Gasteiger partial charge in [-0.25, -0.2) is 9.67 Å². The van der Waals surface area contributed by atoms with Crippen molar-refractivity contribution < 1.29 is 4.79 Å². The lowest BCUT2D eigenvalue weighted by Gasteiger charge is -2.10. The van der Waals surface area contributed by atoms with Gasteiger partial charge in [0.25, 0.3) is 5.56 Å². The number of hydrogen-bond donors (Lipinski definition) is 1. The van der Waals surface area contributed by atoms with E-state index >= 15 is 0 Å². The monoisotopic (exact) mass is 449 g/mol. The SMILES string of the molecule is CCc1ccccc1-n1nc(-c2c(C)nc3scc(CC(=O)NC(C)C)n3c2=O)cc1C. The molecule has 0 fully saturated rings. The quantitative estimate of drug-likeness (QED) is 0.485. The first-order chi connectivity index (χ1) is 15.3. The van der Waals surface area contributed by atoms with Crippen molar-refractivity contribution in [3.8, 4) is 16.9 Å². The minimum absolute atomic E-state index is 0.0398. The fraction of sp³-hybridized carbons (Fsp3) is 0.333. The summed E-state index contributed by atoms with van der Waals surface area (Å²) in [4.78, 5) is 31.1. The summed E-state index contributed by atoms with van der Waals surface area (Å²) < 4.78 is 3.42. The third-order valence-corrected chi connectivity index (χ3v) is 6.23. The maximum atomic E-state index is 13.6. The van der Waals surface area contributed by atoms with Gasteiger partial charge in [-0.3, -0.25) is 14.0 Å². The van der Waals surface area contributed by atoms with Crippen molar-refractivity contribution >= 4 is 22.2 Å². The van der Waals surface area contributed by atoms with Crippen LogP contribution >= 0.6 is 11.3 Å². The van der Waals surface area contributed by atoms with Gasteiger partial charge in [-0.1, -0.05) is 25.1 Å². The van der Waals surface area contributed by atoms with Gasteiger partial charge in [0, 0.05) is 22.8 Å². The molecule has 166 valence electrons. The van der Waals surface area contributed by atoms with Gasteiger partial charge < -0.3 is 5.32 Å². The Morgan fingerprint density at radius 2 is 1.97 bits per heavy atom. The summed E-state index contributed by atoms with van der Waals surface area (Å²) in [6.07, 6.45) is 1.01. The highest BCUT2D eigenvalue weighted by molar-refractivity contribution is 7.15. The molecule has 0 aliphatic rings. The van der Waals surface area contributed by atoms with E-state index in [0.29, 0.717) is 27.6 Å². The maximum Gasteiger partial charge on any atom is 0.268 e. The number of hydrogen-bond acceptors (Lipinski definition) is 5. The van der Waals surface area contributed by atoms with Crippen molar-refractivity contribution in [1.82, 2.24) is 24.5 Å². The molecule has 1 aromatic carbocycles. The van der Waals surface area contributed by atoms with Crippen LogP contribution in [-0.2, 0) is 17.6 Å². The van der Waals surface area contributed by atoms with Crippen molar-refractivity contribution in [3.63, 3.8) is 0 Å². The van der Waals surface area contributed by atoms with Crippen molar-refractivity contribution in [2.24, 2.45) is 0 Å². The zero-order valence-corrected chi connectivity index (χ0v) is 19.8. The number of rotatable bonds is 6. The van der Waals surface area contributed by atoms with Gasteiger partial charge in [0.05, 0.1) is 23.4 Å². The Balaban J connectivity index is 1.83. The first-order valence-corrected chi connectivity index (χ1v) is 11.6. The van der Waals surface area contributed by atoms with Gasteiger partial charge in [0.2, 0.25) is 5.91 Å². The van der Waals surface area contributed by atoms with E-state index in [1.807, 2.05) is 62.0 Å². The molecule has 3 heterocycles. The smallest absolute Gasteiger partial charge is 0.268 e. The van der Waals surface area contributed by atoms with E-state index in [4.69, 9.17) is 5.10 Å². The molecule has 0 aliphatic carbocycles. The minimum Gasteiger partial charge on any atom is -0.354 e. The number of fused-ring (bicyclic) bond motifs is 1. The van der Waals surface area contributed by atoms with E-state index in [1.54, 1.807) is 4.40 Å². The Hall–Kier alpha value is -3.26. The Kier molecular flexibility index (Phi) is 5.97. The fourth-order valence-electron chi connectivity index (χ4n) is 3.92. The second-order valence-electron chi connectivity index (χ2n) is 8.19. The topological polar surface area (TPSA) is 81.3 Å². The molecular formula is C24H27N5O2S. The summed E-state index contributed by atoms with van der Waals surface area (Å²) in [5.74, 6) is -0.120. The van der Waals surface area contributed by atoms with Crippen molar-refractivity contribution in [3.05, 3.63) is 68.7 Å². The predicted molar refractivity (Wildman–Crippen MR) is 128 cm³/mol. The van der Waals surface area contributed by atoms with Crippen LogP contribution in [0.4, 0.5) is 0 Å². The van der Waals surface area contributed by atoms with E-state index in [2.05, 4.69) is 23.3 Å². The molecule has 3 aromatic heterocycles. The highest BCUT2D eigenvalue weighted by Gasteiger charge is 2.20. The Morgan fingerprint density at radius 3 is 2.69 bits per heavy atom. The van der Waals surface area contributed by atoms with E-state index in [9.17, 15) is 9.59 Å². The Labute approximate surface area is 190 Å². The van der Waals surface area contributed by atoms with Crippen LogP contribution in [0.25, 0.3) is 21.9 Å². The molecule has 0 aliphatic heterocycles. The summed E-state index contributed by atoms with van der Waals surface area (Å²) in [6, 6.07) is 10.1. The van der Waals surface area contributed by atoms with E-state index in [1.165, 1.54) is 16.9 Å². The first kappa shape index (κ1) is 22.0. The van der Waals surface area contributed by atoms with Crippen LogP contribution in [0.3, 0.4) is 0 Å². The molecule has 4 aromatic rings. The van der Waals surface area contributed by atoms with Crippen LogP contribution in [0.5, 0.6) is 0 Å². The average molecular weight is 450 g/mol. The standard InChI is InChI=1S/C24H27N5O2S/c1-6-17-9-7-8-10-20(17)29-15(4)11-19(27-29)22-16(5)26-24-28(23(22)31)18(13-32-24)12-21(30)25-14(2)3/h7-11,13-14H,6,12H2,1-5H3,(H,25,30). The molecule has 0 saturated heterocycles. The van der Waals surface area contributed by atoms with Gasteiger partial charge in [-0.2, -0.15) is 5.10 Å². The van der Waals surface area contributed by atoms with Gasteiger partial charge in [-0.05, 0) is 51.8 Å². The maximum absolute atomic E-state index is 13.6. The van der Waals surface area contributed by atoms with Crippen molar-refractivity contribution in [2.45, 2.75) is 53.5 Å². The van der Waals surface area contributed by atoms with Crippen molar-refractivity contribution in [2.75, 3.05) is 0 Å². The molecule has 0 unspecified atom stereocenters. The van der Waals surface area contributed by atoms with Crippen LogP contribution < -0.4 is 10.9 Å². The number of nitrogens with zero attached hydrogens (tertiary/aromatic N) is 4. The number of nitrogens with one attached hydrogen (secondary N) is 1. The van der Waals surface area contributed by atoms with Crippen LogP contribution in [0, 0.1) is 13.8 Å². The third-order valence-electron chi connectivity index (χ3n) is 5.36. The highest BCUT2D eigenvalue weighted by atomic mass is 32.1. The molecule has 0 radical (unpaired) electrons. The number of amides is 1. The summed E-state index contributed by atoms with van der Waals surface area (Å²) in [5.41, 5.74) is 5.23. The molecule has 0 saturated carbocycles. The number of carbonyl (C=O) groups is 1. The fourth-order valence-corrected chi connectivity index (χ4v) is 4.84. The zero-order chi connectivity index (χ0) is 23.0. The normalized spacial score (nSPS) is 11.4. The number of para-hydroxylation sites is 1. The predicted octanol–water partition coefficient (Wildman–Crippen LogP) is 3.86. The van der Waals surface area contributed by atoms with E-state index in [-0.39, 0.29) is 23.9 Å². The number of thiazole rings is 1. The second kappa shape index (κ2) is 8.70. The molecule has 32 heavy (non-hydrogen) atoms. The summed E-state index contributed by atoms with van der Waals surface area (Å²) in [5, 5.41) is 9.49. The molecule has 7 nitrogen and oxygen atoms in total. The summed E-state index contributed by atoms with van der Waals surface area (Å²) in [6.45, 7) is 9.74. The van der Waals surface area contributed by atoms with Gasteiger partial charge in [-0.15, -0.1) is 11.3 Å². The van der Waals surface area contributed by atoms with E-state index < -0.39 is 0 Å². The van der Waals surface area contributed by atoms with E-state index in [0.717, 1.165) is 17.8 Å². The zero-order valence-electron chi connectivity index (χ0n) is 19.0. The molecule has 0 bridgehead atoms. The minimum atomic E-state index is -0.200. The van der Waals surface area contributed by atoms with Gasteiger partial charge in [0.1, 0.15) is 5.69 Å². The molecular weight excluding hydrogens is 422 g/mol. The Bertz CT molecular complexity index is 1360. The molecule has 4 rings (SSSR count). The average Bonchev–Trinajstić information content (AvgIpc) is 3.30. The number of benzene rings is 1. The lowest BCUT2D eigenvalue weighted by molar-refractivity contribution is -0.120. The molecule has 1 amide bonds. The molecule has 8 heteroatoms. The Morgan fingerprint density at radius 1 is 1.22 bits per heavy atom. The molecule has 1 N–H and O–H groups in total. The lowest BCUT2D eigenvalue weighted by atomic mass is 10.1. The largest absolute Gasteiger partial charge is 0.354 e. The van der Waals surface area contributed by atoms with Gasteiger partial charge >= 0.3 is 0 Å². The third kappa shape index (κ3) is 3.98. The number of carbonyl (C=O) groups excluding carboxylic acids is 1. The molecule has 0 spiro atoms. The van der Waals surface area contributed by atoms with Gasteiger partial charge in [0.15, 0.2) is 4.96 Å². The number of aromatic nitrogens is 4.